The van der Waals surface area contributed by atoms with E-state index in [1.165, 1.54) is 37.1 Å². The molecule has 106 valence electrons. The number of anilines is 1. The van der Waals surface area contributed by atoms with Gasteiger partial charge >= 0.3 is 0 Å². The molecule has 1 aliphatic rings. The third kappa shape index (κ3) is 3.97. The van der Waals surface area contributed by atoms with E-state index in [0.717, 1.165) is 6.54 Å². The van der Waals surface area contributed by atoms with Crippen LogP contribution in [0.15, 0.2) is 24.3 Å². The summed E-state index contributed by atoms with van der Waals surface area (Å²) >= 11 is 0. The zero-order valence-corrected chi connectivity index (χ0v) is 12.9. The quantitative estimate of drug-likeness (QED) is 0.889. The lowest BCUT2D eigenvalue weighted by molar-refractivity contribution is 0.407. The van der Waals surface area contributed by atoms with E-state index >= 15 is 0 Å². The minimum Gasteiger partial charge on any atom is -0.369 e. The fourth-order valence-electron chi connectivity index (χ4n) is 2.83. The monoisotopic (exact) mass is 260 g/mol. The lowest BCUT2D eigenvalue weighted by Crippen LogP contribution is -2.42. The second-order valence-electron chi connectivity index (χ2n) is 6.74. The number of benzene rings is 1. The standard InChI is InChI=1S/C17H28N2/c1-14(11-12-18-17(2,3)4)19-13-7-9-15-8-5-6-10-16(15)19/h5-6,8,10,14,18H,7,9,11-13H2,1-4H3. The summed E-state index contributed by atoms with van der Waals surface area (Å²) in [5.41, 5.74) is 3.20. The molecule has 1 unspecified atom stereocenters. The summed E-state index contributed by atoms with van der Waals surface area (Å²) in [6, 6.07) is 9.49. The summed E-state index contributed by atoms with van der Waals surface area (Å²) < 4.78 is 0. The van der Waals surface area contributed by atoms with Crippen LogP contribution in [0.3, 0.4) is 0 Å². The van der Waals surface area contributed by atoms with E-state index in [9.17, 15) is 0 Å². The zero-order valence-electron chi connectivity index (χ0n) is 12.9. The number of nitrogens with zero attached hydrogens (tertiary/aromatic N) is 1. The van der Waals surface area contributed by atoms with E-state index in [2.05, 4.69) is 62.2 Å². The van der Waals surface area contributed by atoms with Crippen molar-refractivity contribution in [3.8, 4) is 0 Å². The van der Waals surface area contributed by atoms with Crippen molar-refractivity contribution in [2.75, 3.05) is 18.0 Å². The van der Waals surface area contributed by atoms with Crippen molar-refractivity contribution in [2.45, 2.75) is 58.5 Å². The lowest BCUT2D eigenvalue weighted by Gasteiger charge is -2.37. The van der Waals surface area contributed by atoms with Gasteiger partial charge in [-0.3, -0.25) is 0 Å². The molecule has 0 bridgehead atoms. The van der Waals surface area contributed by atoms with Crippen LogP contribution in [0.2, 0.25) is 0 Å². The van der Waals surface area contributed by atoms with Gasteiger partial charge in [-0.2, -0.15) is 0 Å². The highest BCUT2D eigenvalue weighted by Crippen LogP contribution is 2.28. The van der Waals surface area contributed by atoms with Gasteiger partial charge in [0.25, 0.3) is 0 Å². The van der Waals surface area contributed by atoms with Crippen molar-refractivity contribution in [1.29, 1.82) is 0 Å². The topological polar surface area (TPSA) is 15.3 Å². The van der Waals surface area contributed by atoms with E-state index in [1.807, 2.05) is 0 Å². The minimum atomic E-state index is 0.222. The largest absolute Gasteiger partial charge is 0.369 e. The Bertz CT molecular complexity index is 406. The van der Waals surface area contributed by atoms with Crippen molar-refractivity contribution in [2.24, 2.45) is 0 Å². The van der Waals surface area contributed by atoms with Crippen molar-refractivity contribution >= 4 is 5.69 Å². The van der Waals surface area contributed by atoms with Gasteiger partial charge < -0.3 is 10.2 Å². The smallest absolute Gasteiger partial charge is 0.0401 e. The fourth-order valence-corrected chi connectivity index (χ4v) is 2.83. The zero-order chi connectivity index (χ0) is 13.9. The van der Waals surface area contributed by atoms with Crippen LogP contribution in [0.25, 0.3) is 0 Å². The first-order chi connectivity index (χ1) is 8.97. The van der Waals surface area contributed by atoms with Crippen molar-refractivity contribution in [1.82, 2.24) is 5.32 Å². The highest BCUT2D eigenvalue weighted by atomic mass is 15.2. The predicted molar refractivity (Wildman–Crippen MR) is 83.9 cm³/mol. The molecule has 0 saturated heterocycles. The highest BCUT2D eigenvalue weighted by Gasteiger charge is 2.21. The summed E-state index contributed by atoms with van der Waals surface area (Å²) in [6.07, 6.45) is 3.72. The summed E-state index contributed by atoms with van der Waals surface area (Å²) in [4.78, 5) is 2.59. The van der Waals surface area contributed by atoms with Crippen LogP contribution in [-0.2, 0) is 6.42 Å². The molecule has 1 atom stereocenters. The van der Waals surface area contributed by atoms with Gasteiger partial charge in [0.1, 0.15) is 0 Å². The molecule has 19 heavy (non-hydrogen) atoms. The first-order valence-electron chi connectivity index (χ1n) is 7.57. The van der Waals surface area contributed by atoms with Gasteiger partial charge in [-0.15, -0.1) is 0 Å². The maximum Gasteiger partial charge on any atom is 0.0401 e. The van der Waals surface area contributed by atoms with Crippen molar-refractivity contribution in [3.05, 3.63) is 29.8 Å². The number of fused-ring (bicyclic) bond motifs is 1. The second kappa shape index (κ2) is 5.96. The number of hydrogen-bond donors (Lipinski definition) is 1. The average molecular weight is 260 g/mol. The van der Waals surface area contributed by atoms with Crippen molar-refractivity contribution < 1.29 is 0 Å². The Labute approximate surface area is 118 Å². The number of para-hydroxylation sites is 1. The molecule has 1 aliphatic heterocycles. The van der Waals surface area contributed by atoms with Crippen LogP contribution >= 0.6 is 0 Å². The third-order valence-corrected chi connectivity index (χ3v) is 3.90. The number of hydrogen-bond acceptors (Lipinski definition) is 2. The van der Waals surface area contributed by atoms with E-state index < -0.39 is 0 Å². The Morgan fingerprint density at radius 3 is 2.74 bits per heavy atom. The molecule has 1 N–H and O–H groups in total. The van der Waals surface area contributed by atoms with Gasteiger partial charge in [-0.25, -0.2) is 0 Å². The maximum atomic E-state index is 3.59. The fraction of sp³-hybridized carbons (Fsp3) is 0.647. The van der Waals surface area contributed by atoms with E-state index in [-0.39, 0.29) is 5.54 Å². The molecule has 2 heteroatoms. The van der Waals surface area contributed by atoms with Gasteiger partial charge in [-0.1, -0.05) is 18.2 Å². The Morgan fingerprint density at radius 1 is 1.26 bits per heavy atom. The molecular weight excluding hydrogens is 232 g/mol. The highest BCUT2D eigenvalue weighted by molar-refractivity contribution is 5.56. The number of aryl methyl sites for hydroxylation is 1. The Morgan fingerprint density at radius 2 is 2.00 bits per heavy atom. The van der Waals surface area contributed by atoms with E-state index in [4.69, 9.17) is 0 Å². The first kappa shape index (κ1) is 14.4. The Hall–Kier alpha value is -1.02. The molecular formula is C17H28N2. The Kier molecular flexibility index (Phi) is 4.51. The molecule has 1 heterocycles. The number of nitrogens with one attached hydrogen (secondary N) is 1. The molecule has 2 nitrogen and oxygen atoms in total. The van der Waals surface area contributed by atoms with Crippen LogP contribution in [-0.4, -0.2) is 24.7 Å². The van der Waals surface area contributed by atoms with Gasteiger partial charge in [0.05, 0.1) is 0 Å². The molecule has 0 amide bonds. The summed E-state index contributed by atoms with van der Waals surface area (Å²) in [7, 11) is 0. The first-order valence-corrected chi connectivity index (χ1v) is 7.57. The van der Waals surface area contributed by atoms with Crippen LogP contribution in [0.4, 0.5) is 5.69 Å². The molecule has 0 spiro atoms. The molecule has 0 radical (unpaired) electrons. The average Bonchev–Trinajstić information content (AvgIpc) is 2.36. The van der Waals surface area contributed by atoms with Crippen molar-refractivity contribution in [3.63, 3.8) is 0 Å². The molecule has 0 aliphatic carbocycles. The van der Waals surface area contributed by atoms with Crippen LogP contribution in [0.5, 0.6) is 0 Å². The molecule has 0 saturated carbocycles. The maximum absolute atomic E-state index is 3.59. The second-order valence-corrected chi connectivity index (χ2v) is 6.74. The summed E-state index contributed by atoms with van der Waals surface area (Å²) in [5.74, 6) is 0. The molecule has 0 fully saturated rings. The Balaban J connectivity index is 1.95. The lowest BCUT2D eigenvalue weighted by atomic mass is 9.99. The minimum absolute atomic E-state index is 0.222. The van der Waals surface area contributed by atoms with Gasteiger partial charge in [-0.05, 0) is 65.1 Å². The molecule has 2 rings (SSSR count). The third-order valence-electron chi connectivity index (χ3n) is 3.90. The van der Waals surface area contributed by atoms with Gasteiger partial charge in [0, 0.05) is 23.8 Å². The molecule has 0 aromatic heterocycles. The summed E-state index contributed by atoms with van der Waals surface area (Å²) in [5, 5.41) is 3.59. The summed E-state index contributed by atoms with van der Waals surface area (Å²) in [6.45, 7) is 11.3. The van der Waals surface area contributed by atoms with Crippen LogP contribution in [0, 0.1) is 0 Å². The molecule has 1 aromatic carbocycles. The van der Waals surface area contributed by atoms with Crippen LogP contribution in [0.1, 0.15) is 46.1 Å². The van der Waals surface area contributed by atoms with Gasteiger partial charge in [0.15, 0.2) is 0 Å². The van der Waals surface area contributed by atoms with E-state index in [1.54, 1.807) is 0 Å². The SMILES string of the molecule is CC(CCNC(C)(C)C)N1CCCc2ccccc21. The number of rotatable bonds is 4. The van der Waals surface area contributed by atoms with Gasteiger partial charge in [0.2, 0.25) is 0 Å². The van der Waals surface area contributed by atoms with E-state index in [0.29, 0.717) is 6.04 Å². The molecule has 1 aromatic rings. The van der Waals surface area contributed by atoms with Crippen LogP contribution < -0.4 is 10.2 Å². The normalized spacial score (nSPS) is 17.2. The predicted octanol–water partition coefficient (Wildman–Crippen LogP) is 3.61.